The Morgan fingerprint density at radius 3 is 2.68 bits per heavy atom. The minimum Gasteiger partial charge on any atom is -0.461 e. The van der Waals surface area contributed by atoms with Crippen molar-refractivity contribution in [1.82, 2.24) is 9.78 Å². The minimum atomic E-state index is -0.371. The van der Waals surface area contributed by atoms with E-state index in [4.69, 9.17) is 4.74 Å². The number of hydrogen-bond donors (Lipinski definition) is 0. The highest BCUT2D eigenvalue weighted by Gasteiger charge is 2.17. The van der Waals surface area contributed by atoms with Crippen LogP contribution < -0.4 is 0 Å². The maximum atomic E-state index is 11.7. The molecule has 0 fully saturated rings. The van der Waals surface area contributed by atoms with Crippen molar-refractivity contribution in [3.63, 3.8) is 0 Å². The quantitative estimate of drug-likeness (QED) is 0.792. The number of carbonyl (C=O) groups excluding carboxylic acids is 1. The van der Waals surface area contributed by atoms with Gasteiger partial charge in [0.1, 0.15) is 0 Å². The molecule has 0 aliphatic carbocycles. The number of esters is 1. The van der Waals surface area contributed by atoms with Gasteiger partial charge in [-0.3, -0.25) is 4.68 Å². The van der Waals surface area contributed by atoms with E-state index in [0.29, 0.717) is 12.3 Å². The van der Waals surface area contributed by atoms with Crippen LogP contribution in [0.4, 0.5) is 0 Å². The summed E-state index contributed by atoms with van der Waals surface area (Å²) in [5, 5.41) is 4.35. The van der Waals surface area contributed by atoms with Gasteiger partial charge in [0.25, 0.3) is 0 Å². The van der Waals surface area contributed by atoms with E-state index < -0.39 is 0 Å². The van der Waals surface area contributed by atoms with Crippen LogP contribution in [-0.4, -0.2) is 22.4 Å². The lowest BCUT2D eigenvalue weighted by molar-refractivity contribution is 0.0518. The van der Waals surface area contributed by atoms with Crippen molar-refractivity contribution in [3.8, 4) is 0 Å². The Bertz CT molecular complexity index is 561. The van der Waals surface area contributed by atoms with Crippen LogP contribution in [0.15, 0.2) is 36.4 Å². The molecule has 0 amide bonds. The lowest BCUT2D eigenvalue weighted by atomic mass is 10.1. The fourth-order valence-electron chi connectivity index (χ4n) is 2.06. The monoisotopic (exact) mass is 258 g/mol. The summed E-state index contributed by atoms with van der Waals surface area (Å²) >= 11 is 0. The number of aromatic nitrogens is 2. The van der Waals surface area contributed by atoms with E-state index >= 15 is 0 Å². The maximum Gasteiger partial charge on any atom is 0.358 e. The Morgan fingerprint density at radius 1 is 1.37 bits per heavy atom. The van der Waals surface area contributed by atoms with Gasteiger partial charge in [0.05, 0.1) is 12.6 Å². The molecule has 0 bridgehead atoms. The molecule has 0 aliphatic rings. The van der Waals surface area contributed by atoms with Crippen molar-refractivity contribution in [3.05, 3.63) is 53.3 Å². The summed E-state index contributed by atoms with van der Waals surface area (Å²) in [4.78, 5) is 11.7. The number of aryl methyl sites for hydroxylation is 1. The van der Waals surface area contributed by atoms with E-state index in [0.717, 1.165) is 11.3 Å². The van der Waals surface area contributed by atoms with E-state index in [1.807, 2.05) is 29.8 Å². The van der Waals surface area contributed by atoms with Gasteiger partial charge in [0.2, 0.25) is 0 Å². The molecule has 100 valence electrons. The van der Waals surface area contributed by atoms with E-state index in [2.05, 4.69) is 24.2 Å². The third-order valence-electron chi connectivity index (χ3n) is 3.06. The summed E-state index contributed by atoms with van der Waals surface area (Å²) in [5.74, 6) is -0.371. The third-order valence-corrected chi connectivity index (χ3v) is 3.06. The van der Waals surface area contributed by atoms with Gasteiger partial charge in [-0.05, 0) is 32.4 Å². The number of rotatable bonds is 4. The molecule has 0 saturated carbocycles. The molecular weight excluding hydrogens is 240 g/mol. The average Bonchev–Trinajstić information content (AvgIpc) is 2.81. The average molecular weight is 258 g/mol. The van der Waals surface area contributed by atoms with Crippen LogP contribution >= 0.6 is 0 Å². The zero-order valence-corrected chi connectivity index (χ0v) is 11.5. The summed E-state index contributed by atoms with van der Waals surface area (Å²) in [6, 6.07) is 11.9. The number of benzene rings is 1. The molecular formula is C15H18N2O2. The topological polar surface area (TPSA) is 44.1 Å². The van der Waals surface area contributed by atoms with E-state index in [-0.39, 0.29) is 12.0 Å². The first kappa shape index (κ1) is 13.3. The number of hydrogen-bond acceptors (Lipinski definition) is 3. The Balaban J connectivity index is 2.28. The molecule has 1 aromatic heterocycles. The van der Waals surface area contributed by atoms with Gasteiger partial charge in [0, 0.05) is 5.69 Å². The van der Waals surface area contributed by atoms with Crippen LogP contribution in [0, 0.1) is 6.92 Å². The van der Waals surface area contributed by atoms with Crippen LogP contribution in [0.1, 0.15) is 41.6 Å². The molecule has 19 heavy (non-hydrogen) atoms. The first-order valence-electron chi connectivity index (χ1n) is 6.41. The molecule has 1 atom stereocenters. The van der Waals surface area contributed by atoms with Crippen molar-refractivity contribution >= 4 is 5.97 Å². The zero-order chi connectivity index (χ0) is 13.8. The van der Waals surface area contributed by atoms with Gasteiger partial charge < -0.3 is 4.74 Å². The second-order valence-electron chi connectivity index (χ2n) is 4.42. The van der Waals surface area contributed by atoms with Crippen molar-refractivity contribution < 1.29 is 9.53 Å². The van der Waals surface area contributed by atoms with E-state index in [1.165, 1.54) is 0 Å². The van der Waals surface area contributed by atoms with Gasteiger partial charge in [-0.2, -0.15) is 5.10 Å². The van der Waals surface area contributed by atoms with Gasteiger partial charge >= 0.3 is 5.97 Å². The van der Waals surface area contributed by atoms with Gasteiger partial charge in [-0.1, -0.05) is 30.3 Å². The van der Waals surface area contributed by atoms with Crippen molar-refractivity contribution in [1.29, 1.82) is 0 Å². The SMILES string of the molecule is CCOC(=O)c1cc(C)n(C(C)c2ccccc2)n1. The maximum absolute atomic E-state index is 11.7. The zero-order valence-electron chi connectivity index (χ0n) is 11.5. The summed E-state index contributed by atoms with van der Waals surface area (Å²) < 4.78 is 6.82. The fourth-order valence-corrected chi connectivity index (χ4v) is 2.06. The van der Waals surface area contributed by atoms with Crippen LogP contribution in [0.5, 0.6) is 0 Å². The predicted octanol–water partition coefficient (Wildman–Crippen LogP) is 2.98. The fraction of sp³-hybridized carbons (Fsp3) is 0.333. The molecule has 4 heteroatoms. The van der Waals surface area contributed by atoms with Crippen LogP contribution in [0.2, 0.25) is 0 Å². The molecule has 0 spiro atoms. The highest BCUT2D eigenvalue weighted by Crippen LogP contribution is 2.19. The van der Waals surface area contributed by atoms with Gasteiger partial charge in [0.15, 0.2) is 5.69 Å². The minimum absolute atomic E-state index is 0.0874. The molecule has 2 rings (SSSR count). The van der Waals surface area contributed by atoms with Crippen LogP contribution in [0.25, 0.3) is 0 Å². The molecule has 4 nitrogen and oxygen atoms in total. The van der Waals surface area contributed by atoms with E-state index in [1.54, 1.807) is 13.0 Å². The smallest absolute Gasteiger partial charge is 0.358 e. The molecule has 1 unspecified atom stereocenters. The molecule has 1 aromatic carbocycles. The van der Waals surface area contributed by atoms with Crippen molar-refractivity contribution in [2.75, 3.05) is 6.61 Å². The summed E-state index contributed by atoms with van der Waals surface area (Å²) in [5.41, 5.74) is 2.46. The molecule has 0 aliphatic heterocycles. The molecule has 0 N–H and O–H groups in total. The normalized spacial score (nSPS) is 12.2. The van der Waals surface area contributed by atoms with Crippen molar-refractivity contribution in [2.45, 2.75) is 26.8 Å². The van der Waals surface area contributed by atoms with E-state index in [9.17, 15) is 4.79 Å². The Hall–Kier alpha value is -2.10. The van der Waals surface area contributed by atoms with Gasteiger partial charge in [-0.15, -0.1) is 0 Å². The first-order chi connectivity index (χ1) is 9.13. The second-order valence-corrected chi connectivity index (χ2v) is 4.42. The summed E-state index contributed by atoms with van der Waals surface area (Å²) in [6.45, 7) is 6.15. The lowest BCUT2D eigenvalue weighted by Crippen LogP contribution is -2.12. The summed E-state index contributed by atoms with van der Waals surface area (Å²) in [6.07, 6.45) is 0. The number of ether oxygens (including phenoxy) is 1. The highest BCUT2D eigenvalue weighted by atomic mass is 16.5. The van der Waals surface area contributed by atoms with Crippen LogP contribution in [-0.2, 0) is 4.74 Å². The molecule has 1 heterocycles. The highest BCUT2D eigenvalue weighted by molar-refractivity contribution is 5.87. The standard InChI is InChI=1S/C15H18N2O2/c1-4-19-15(18)14-10-11(2)17(16-14)12(3)13-8-6-5-7-9-13/h5-10,12H,4H2,1-3H3. The van der Waals surface area contributed by atoms with Crippen molar-refractivity contribution in [2.24, 2.45) is 0 Å². The largest absolute Gasteiger partial charge is 0.461 e. The molecule has 2 aromatic rings. The predicted molar refractivity (Wildman–Crippen MR) is 73.2 cm³/mol. The Morgan fingerprint density at radius 2 is 2.05 bits per heavy atom. The first-order valence-corrected chi connectivity index (χ1v) is 6.41. The lowest BCUT2D eigenvalue weighted by Gasteiger charge is -2.14. The molecule has 0 radical (unpaired) electrons. The Labute approximate surface area is 113 Å². The number of carbonyl (C=O) groups is 1. The second kappa shape index (κ2) is 5.69. The summed E-state index contributed by atoms with van der Waals surface area (Å²) in [7, 11) is 0. The third kappa shape index (κ3) is 2.84. The Kier molecular flexibility index (Phi) is 4.00. The van der Waals surface area contributed by atoms with Crippen LogP contribution in [0.3, 0.4) is 0 Å². The molecule has 0 saturated heterocycles. The number of nitrogens with zero attached hydrogens (tertiary/aromatic N) is 2. The van der Waals surface area contributed by atoms with Gasteiger partial charge in [-0.25, -0.2) is 4.79 Å².